The maximum Gasteiger partial charge on any atom is 0.415 e. The van der Waals surface area contributed by atoms with E-state index >= 15 is 0 Å². The smallest absolute Gasteiger partial charge is 0.415 e. The minimum Gasteiger partial charge on any atom is -0.478 e. The van der Waals surface area contributed by atoms with Gasteiger partial charge >= 0.3 is 12.1 Å². The number of carbonyl (C=O) groups is 1. The summed E-state index contributed by atoms with van der Waals surface area (Å²) in [6.07, 6.45) is -4.66. The third-order valence-electron chi connectivity index (χ3n) is 0.879. The molecule has 8 heteroatoms. The highest BCUT2D eigenvalue weighted by molar-refractivity contribution is 9.39. The molecule has 0 fully saturated rings. The van der Waals surface area contributed by atoms with E-state index < -0.39 is 19.9 Å². The Labute approximate surface area is 96.6 Å². The second-order valence-electron chi connectivity index (χ2n) is 1.89. The molecule has 0 aromatic heterocycles. The minimum absolute atomic E-state index is 0.0677. The number of carboxylic acids is 1. The van der Waals surface area contributed by atoms with E-state index in [1.807, 2.05) is 0 Å². The second kappa shape index (κ2) is 4.31. The Morgan fingerprint density at radius 1 is 1.23 bits per heavy atom. The standard InChI is InChI=1S/C5H2Br3F3O2/c6-4(7,8)2(1-3(12)13)5(9,10)11/h1H,(H,12,13). The van der Waals surface area contributed by atoms with Crippen molar-refractivity contribution in [3.05, 3.63) is 11.6 Å². The molecule has 0 saturated heterocycles. The number of allylic oxidation sites excluding steroid dienone is 1. The Morgan fingerprint density at radius 2 is 1.62 bits per heavy atom. The van der Waals surface area contributed by atoms with E-state index in [0.717, 1.165) is 0 Å². The highest BCUT2D eigenvalue weighted by Gasteiger charge is 2.45. The summed E-state index contributed by atoms with van der Waals surface area (Å²) in [5.74, 6) is -1.67. The first-order valence-corrected chi connectivity index (χ1v) is 5.02. The molecular formula is C5H2Br3F3O2. The first-order valence-electron chi connectivity index (χ1n) is 2.64. The number of rotatable bonds is 1. The van der Waals surface area contributed by atoms with Gasteiger partial charge < -0.3 is 5.11 Å². The van der Waals surface area contributed by atoms with E-state index in [1.165, 1.54) is 0 Å². The summed E-state index contributed by atoms with van der Waals surface area (Å²) >= 11 is 7.77. The molecule has 0 unspecified atom stereocenters. The van der Waals surface area contributed by atoms with E-state index in [4.69, 9.17) is 5.11 Å². The van der Waals surface area contributed by atoms with E-state index in [9.17, 15) is 18.0 Å². The maximum atomic E-state index is 12.2. The van der Waals surface area contributed by atoms with Crippen molar-refractivity contribution in [2.75, 3.05) is 0 Å². The molecule has 76 valence electrons. The van der Waals surface area contributed by atoms with Gasteiger partial charge in [0, 0.05) is 6.08 Å². The van der Waals surface area contributed by atoms with Crippen LogP contribution in [-0.4, -0.2) is 19.4 Å². The largest absolute Gasteiger partial charge is 0.478 e. The van der Waals surface area contributed by atoms with Crippen molar-refractivity contribution in [1.29, 1.82) is 0 Å². The summed E-state index contributed by atoms with van der Waals surface area (Å²) in [5.41, 5.74) is -1.28. The Kier molecular flexibility index (Phi) is 4.45. The van der Waals surface area contributed by atoms with Gasteiger partial charge in [-0.2, -0.15) is 13.2 Å². The van der Waals surface area contributed by atoms with Crippen LogP contribution in [0.3, 0.4) is 0 Å². The zero-order valence-electron chi connectivity index (χ0n) is 5.70. The first-order chi connectivity index (χ1) is 5.55. The van der Waals surface area contributed by atoms with Crippen molar-refractivity contribution in [1.82, 2.24) is 0 Å². The van der Waals surface area contributed by atoms with Gasteiger partial charge in [0.25, 0.3) is 0 Å². The molecule has 0 aliphatic rings. The van der Waals surface area contributed by atoms with Gasteiger partial charge in [0.2, 0.25) is 0 Å². The summed E-state index contributed by atoms with van der Waals surface area (Å²) in [6, 6.07) is 0. The Bertz CT molecular complexity index is 224. The van der Waals surface area contributed by atoms with Gasteiger partial charge in [0.05, 0.1) is 5.57 Å². The molecule has 0 atom stereocenters. The van der Waals surface area contributed by atoms with Crippen LogP contribution in [0.4, 0.5) is 13.2 Å². The van der Waals surface area contributed by atoms with Gasteiger partial charge in [0.15, 0.2) is 2.14 Å². The molecule has 0 radical (unpaired) electrons. The van der Waals surface area contributed by atoms with Crippen molar-refractivity contribution < 1.29 is 23.1 Å². The summed E-state index contributed by atoms with van der Waals surface area (Å²) < 4.78 is 34.7. The molecule has 2 nitrogen and oxygen atoms in total. The molecular weight excluding hydrogens is 389 g/mol. The van der Waals surface area contributed by atoms with Crippen LogP contribution >= 0.6 is 47.8 Å². The van der Waals surface area contributed by atoms with Gasteiger partial charge in [-0.25, -0.2) is 4.79 Å². The van der Waals surface area contributed by atoms with E-state index in [0.29, 0.717) is 0 Å². The monoisotopic (exact) mass is 388 g/mol. The number of hydrogen-bond acceptors (Lipinski definition) is 1. The molecule has 0 amide bonds. The number of aliphatic carboxylic acids is 1. The minimum atomic E-state index is -4.73. The zero-order chi connectivity index (χ0) is 10.9. The van der Waals surface area contributed by atoms with Gasteiger partial charge in [-0.05, 0) is 0 Å². The van der Waals surface area contributed by atoms with Crippen LogP contribution in [0.1, 0.15) is 0 Å². The second-order valence-corrected chi connectivity index (χ2v) is 8.65. The van der Waals surface area contributed by atoms with E-state index in [2.05, 4.69) is 47.8 Å². The van der Waals surface area contributed by atoms with Gasteiger partial charge in [0.1, 0.15) is 0 Å². The fourth-order valence-corrected chi connectivity index (χ4v) is 1.47. The van der Waals surface area contributed by atoms with E-state index in [1.54, 1.807) is 0 Å². The predicted octanol–water partition coefficient (Wildman–Crippen LogP) is 3.40. The molecule has 0 aromatic rings. The summed E-state index contributed by atoms with van der Waals surface area (Å²) in [6.45, 7) is 0. The lowest BCUT2D eigenvalue weighted by atomic mass is 10.3. The first kappa shape index (κ1) is 13.4. The highest BCUT2D eigenvalue weighted by atomic mass is 80.0. The van der Waals surface area contributed by atoms with Crippen molar-refractivity contribution in [3.63, 3.8) is 0 Å². The number of hydrogen-bond donors (Lipinski definition) is 1. The molecule has 0 saturated carbocycles. The van der Waals surface area contributed by atoms with Crippen molar-refractivity contribution >= 4 is 53.8 Å². The third-order valence-corrected chi connectivity index (χ3v) is 2.16. The van der Waals surface area contributed by atoms with Crippen LogP contribution in [0.15, 0.2) is 11.6 Å². The SMILES string of the molecule is O=C(O)C=C(C(F)(F)F)C(Br)(Br)Br. The normalized spacial score (nSPS) is 14.5. The molecule has 0 rings (SSSR count). The molecule has 0 spiro atoms. The van der Waals surface area contributed by atoms with Crippen LogP contribution in [0.2, 0.25) is 0 Å². The fraction of sp³-hybridized carbons (Fsp3) is 0.400. The lowest BCUT2D eigenvalue weighted by Gasteiger charge is -2.18. The summed E-state index contributed by atoms with van der Waals surface area (Å²) in [7, 11) is 0. The molecule has 0 aromatic carbocycles. The third kappa shape index (κ3) is 5.02. The lowest BCUT2D eigenvalue weighted by molar-refractivity contribution is -0.132. The number of carboxylic acid groups (broad SMARTS) is 1. The molecule has 0 aliphatic heterocycles. The van der Waals surface area contributed by atoms with Crippen LogP contribution in [-0.2, 0) is 4.79 Å². The van der Waals surface area contributed by atoms with Crippen LogP contribution < -0.4 is 0 Å². The lowest BCUT2D eigenvalue weighted by Crippen LogP contribution is -2.23. The van der Waals surface area contributed by atoms with Crippen LogP contribution in [0, 0.1) is 0 Å². The molecule has 0 bridgehead atoms. The molecule has 0 aliphatic carbocycles. The summed E-state index contributed by atoms with van der Waals surface area (Å²) in [4.78, 5) is 10.1. The maximum absolute atomic E-state index is 12.2. The zero-order valence-corrected chi connectivity index (χ0v) is 10.5. The molecule has 1 N–H and O–H groups in total. The van der Waals surface area contributed by atoms with Crippen LogP contribution in [0.5, 0.6) is 0 Å². The quantitative estimate of drug-likeness (QED) is 0.550. The van der Waals surface area contributed by atoms with Crippen molar-refractivity contribution in [2.24, 2.45) is 0 Å². The Balaban J connectivity index is 5.13. The highest BCUT2D eigenvalue weighted by Crippen LogP contribution is 2.47. The number of alkyl halides is 6. The topological polar surface area (TPSA) is 37.3 Å². The molecule has 13 heavy (non-hydrogen) atoms. The van der Waals surface area contributed by atoms with Gasteiger partial charge in [-0.1, -0.05) is 47.8 Å². The average Bonchev–Trinajstić information content (AvgIpc) is 1.77. The average molecular weight is 391 g/mol. The Morgan fingerprint density at radius 3 is 1.69 bits per heavy atom. The summed E-state index contributed by atoms with van der Waals surface area (Å²) in [5, 5.41) is 8.17. The van der Waals surface area contributed by atoms with Crippen molar-refractivity contribution in [3.8, 4) is 0 Å². The van der Waals surface area contributed by atoms with Crippen LogP contribution in [0.25, 0.3) is 0 Å². The van der Waals surface area contributed by atoms with Crippen molar-refractivity contribution in [2.45, 2.75) is 8.32 Å². The molecule has 0 heterocycles. The Hall–Kier alpha value is 0.440. The number of halogens is 6. The van der Waals surface area contributed by atoms with Gasteiger partial charge in [-0.3, -0.25) is 0 Å². The van der Waals surface area contributed by atoms with E-state index in [-0.39, 0.29) is 6.08 Å². The fourth-order valence-electron chi connectivity index (χ4n) is 0.448. The van der Waals surface area contributed by atoms with Gasteiger partial charge in [-0.15, -0.1) is 0 Å². The predicted molar refractivity (Wildman–Crippen MR) is 51.3 cm³/mol.